The predicted molar refractivity (Wildman–Crippen MR) is 108 cm³/mol. The minimum Gasteiger partial charge on any atom is -0.489 e. The molecule has 0 saturated heterocycles. The number of hydrogen-bond donors (Lipinski definition) is 1. The fourth-order valence-corrected chi connectivity index (χ4v) is 4.96. The average molecular weight is 395 g/mol. The molecule has 144 valence electrons. The summed E-state index contributed by atoms with van der Waals surface area (Å²) in [5, 5.41) is 9.74. The van der Waals surface area contributed by atoms with E-state index in [1.807, 2.05) is 42.5 Å². The van der Waals surface area contributed by atoms with Gasteiger partial charge in [0.2, 0.25) is 0 Å². The Morgan fingerprint density at radius 3 is 2.32 bits per heavy atom. The van der Waals surface area contributed by atoms with Crippen LogP contribution in [-0.2, 0) is 16.6 Å². The number of aliphatic hydroxyl groups is 1. The van der Waals surface area contributed by atoms with Gasteiger partial charge in [-0.05, 0) is 29.3 Å². The van der Waals surface area contributed by atoms with Gasteiger partial charge in [-0.15, -0.1) is 0 Å². The molecule has 0 fully saturated rings. The van der Waals surface area contributed by atoms with Crippen molar-refractivity contribution in [3.05, 3.63) is 90.0 Å². The second kappa shape index (κ2) is 7.66. The number of fused-ring (bicyclic) bond motifs is 1. The van der Waals surface area contributed by atoms with Crippen molar-refractivity contribution < 1.29 is 18.3 Å². The first-order valence-electron chi connectivity index (χ1n) is 9.09. The highest BCUT2D eigenvalue weighted by Gasteiger charge is 2.36. The van der Waals surface area contributed by atoms with Crippen molar-refractivity contribution in [1.82, 2.24) is 0 Å². The molecule has 1 N–H and O–H groups in total. The Hall–Kier alpha value is -2.83. The molecule has 6 heteroatoms. The van der Waals surface area contributed by atoms with Gasteiger partial charge in [-0.25, -0.2) is 8.42 Å². The summed E-state index contributed by atoms with van der Waals surface area (Å²) < 4.78 is 33.5. The van der Waals surface area contributed by atoms with E-state index in [1.54, 1.807) is 36.4 Å². The van der Waals surface area contributed by atoms with E-state index in [1.165, 1.54) is 4.31 Å². The summed E-state index contributed by atoms with van der Waals surface area (Å²) in [6, 6.07) is 23.5. The largest absolute Gasteiger partial charge is 0.489 e. The number of rotatable bonds is 6. The third kappa shape index (κ3) is 3.48. The van der Waals surface area contributed by atoms with E-state index in [2.05, 4.69) is 0 Å². The van der Waals surface area contributed by atoms with Crippen molar-refractivity contribution in [2.45, 2.75) is 17.4 Å². The number of benzene rings is 3. The zero-order chi connectivity index (χ0) is 19.6. The molecule has 0 radical (unpaired) electrons. The number of sulfonamides is 1. The minimum absolute atomic E-state index is 0.113. The van der Waals surface area contributed by atoms with E-state index in [0.717, 1.165) is 11.1 Å². The maximum atomic E-state index is 13.2. The van der Waals surface area contributed by atoms with Crippen molar-refractivity contribution in [3.63, 3.8) is 0 Å². The van der Waals surface area contributed by atoms with E-state index in [-0.39, 0.29) is 24.0 Å². The quantitative estimate of drug-likeness (QED) is 0.693. The monoisotopic (exact) mass is 395 g/mol. The number of nitrogens with zero attached hydrogens (tertiary/aromatic N) is 1. The van der Waals surface area contributed by atoms with Crippen molar-refractivity contribution in [2.24, 2.45) is 0 Å². The molecular weight excluding hydrogens is 374 g/mol. The summed E-state index contributed by atoms with van der Waals surface area (Å²) in [6.07, 6.45) is 0. The summed E-state index contributed by atoms with van der Waals surface area (Å²) >= 11 is 0. The Kier molecular flexibility index (Phi) is 5.07. The van der Waals surface area contributed by atoms with Crippen LogP contribution in [0.4, 0.5) is 5.69 Å². The molecule has 0 bridgehead atoms. The van der Waals surface area contributed by atoms with E-state index >= 15 is 0 Å². The van der Waals surface area contributed by atoms with Gasteiger partial charge in [-0.2, -0.15) is 0 Å². The Morgan fingerprint density at radius 1 is 0.964 bits per heavy atom. The molecular formula is C22H21NO4S. The lowest BCUT2D eigenvalue weighted by Gasteiger charge is -2.20. The highest BCUT2D eigenvalue weighted by atomic mass is 32.2. The van der Waals surface area contributed by atoms with Crippen LogP contribution in [0, 0.1) is 0 Å². The van der Waals surface area contributed by atoms with Gasteiger partial charge in [0.15, 0.2) is 0 Å². The van der Waals surface area contributed by atoms with E-state index < -0.39 is 10.0 Å². The summed E-state index contributed by atoms with van der Waals surface area (Å²) in [5.74, 6) is 0.339. The molecule has 1 aliphatic rings. The molecule has 1 unspecified atom stereocenters. The third-order valence-electron chi connectivity index (χ3n) is 4.90. The Bertz CT molecular complexity index is 1050. The van der Waals surface area contributed by atoms with Gasteiger partial charge in [-0.3, -0.25) is 4.31 Å². The Balaban J connectivity index is 1.66. The second-order valence-electron chi connectivity index (χ2n) is 6.72. The zero-order valence-corrected chi connectivity index (χ0v) is 16.0. The minimum atomic E-state index is -3.71. The SMILES string of the molecule is O=S(=O)(c1ccccc1)N1CC(CO)c2ccc(OCc3ccccc3)cc21. The molecule has 1 heterocycles. The summed E-state index contributed by atoms with van der Waals surface area (Å²) in [6.45, 7) is 0.498. The van der Waals surface area contributed by atoms with Crippen molar-refractivity contribution in [2.75, 3.05) is 17.5 Å². The van der Waals surface area contributed by atoms with E-state index in [4.69, 9.17) is 4.74 Å². The lowest BCUT2D eigenvalue weighted by atomic mass is 10.0. The maximum Gasteiger partial charge on any atom is 0.264 e. The van der Waals surface area contributed by atoms with Crippen LogP contribution in [-0.4, -0.2) is 26.7 Å². The summed E-state index contributed by atoms with van der Waals surface area (Å²) in [5.41, 5.74) is 2.41. The standard InChI is InChI=1S/C22H21NO4S/c24-15-18-14-23(28(25,26)20-9-5-2-6-10-20)22-13-19(11-12-21(18)22)27-16-17-7-3-1-4-8-17/h1-13,18,24H,14-16H2. The molecule has 3 aromatic rings. The molecule has 3 aromatic carbocycles. The molecule has 0 spiro atoms. The van der Waals surface area contributed by atoms with Crippen LogP contribution in [0.3, 0.4) is 0 Å². The molecule has 28 heavy (non-hydrogen) atoms. The van der Waals surface area contributed by atoms with Crippen LogP contribution >= 0.6 is 0 Å². The highest BCUT2D eigenvalue weighted by molar-refractivity contribution is 7.92. The first-order valence-corrected chi connectivity index (χ1v) is 10.5. The van der Waals surface area contributed by atoms with Crippen LogP contribution in [0.15, 0.2) is 83.8 Å². The van der Waals surface area contributed by atoms with E-state index in [0.29, 0.717) is 18.0 Å². The predicted octanol–water partition coefficient (Wildman–Crippen LogP) is 3.55. The number of ether oxygens (including phenoxy) is 1. The number of anilines is 1. The average Bonchev–Trinajstić information content (AvgIpc) is 3.12. The highest BCUT2D eigenvalue weighted by Crippen LogP contribution is 2.41. The first-order chi connectivity index (χ1) is 13.6. The Morgan fingerprint density at radius 2 is 1.64 bits per heavy atom. The van der Waals surface area contributed by atoms with Gasteiger partial charge in [-0.1, -0.05) is 54.6 Å². The van der Waals surface area contributed by atoms with Crippen LogP contribution in [0.2, 0.25) is 0 Å². The molecule has 0 aliphatic carbocycles. The molecule has 0 amide bonds. The normalized spacial score (nSPS) is 16.0. The number of hydrogen-bond acceptors (Lipinski definition) is 4. The van der Waals surface area contributed by atoms with Crippen LogP contribution < -0.4 is 9.04 Å². The molecule has 0 saturated carbocycles. The lowest BCUT2D eigenvalue weighted by Crippen LogP contribution is -2.30. The fraction of sp³-hybridized carbons (Fsp3) is 0.182. The van der Waals surface area contributed by atoms with Gasteiger partial charge in [0.1, 0.15) is 12.4 Å². The Labute approximate surface area is 164 Å². The van der Waals surface area contributed by atoms with Crippen molar-refractivity contribution in [1.29, 1.82) is 0 Å². The molecule has 0 aromatic heterocycles. The first kappa shape index (κ1) is 18.5. The molecule has 5 nitrogen and oxygen atoms in total. The summed E-state index contributed by atoms with van der Waals surface area (Å²) in [7, 11) is -3.71. The summed E-state index contributed by atoms with van der Waals surface area (Å²) in [4.78, 5) is 0.232. The van der Waals surface area contributed by atoms with Gasteiger partial charge < -0.3 is 9.84 Å². The maximum absolute atomic E-state index is 13.2. The van der Waals surface area contributed by atoms with Crippen molar-refractivity contribution in [3.8, 4) is 5.75 Å². The fourth-order valence-electron chi connectivity index (χ4n) is 3.42. The van der Waals surface area contributed by atoms with Gasteiger partial charge in [0, 0.05) is 18.5 Å². The molecule has 4 rings (SSSR count). The smallest absolute Gasteiger partial charge is 0.264 e. The zero-order valence-electron chi connectivity index (χ0n) is 15.2. The number of aliphatic hydroxyl groups excluding tert-OH is 1. The van der Waals surface area contributed by atoms with E-state index in [9.17, 15) is 13.5 Å². The molecule has 1 aliphatic heterocycles. The van der Waals surface area contributed by atoms with Crippen LogP contribution in [0.5, 0.6) is 5.75 Å². The third-order valence-corrected chi connectivity index (χ3v) is 6.69. The lowest BCUT2D eigenvalue weighted by molar-refractivity contribution is 0.272. The van der Waals surface area contributed by atoms with Crippen LogP contribution in [0.1, 0.15) is 17.0 Å². The second-order valence-corrected chi connectivity index (χ2v) is 8.59. The molecule has 1 atom stereocenters. The topological polar surface area (TPSA) is 66.8 Å². The van der Waals surface area contributed by atoms with Gasteiger partial charge in [0.05, 0.1) is 17.2 Å². The van der Waals surface area contributed by atoms with Crippen molar-refractivity contribution >= 4 is 15.7 Å². The van der Waals surface area contributed by atoms with Gasteiger partial charge >= 0.3 is 0 Å². The van der Waals surface area contributed by atoms with Crippen LogP contribution in [0.25, 0.3) is 0 Å². The van der Waals surface area contributed by atoms with Gasteiger partial charge in [0.25, 0.3) is 10.0 Å².